The van der Waals surface area contributed by atoms with Crippen molar-refractivity contribution < 1.29 is 19.7 Å². The molecule has 0 fully saturated rings. The molecule has 2 N–H and O–H groups in total. The van der Waals surface area contributed by atoms with Crippen molar-refractivity contribution in [3.05, 3.63) is 29.8 Å². The average Bonchev–Trinajstić information content (AvgIpc) is 2.31. The van der Waals surface area contributed by atoms with Gasteiger partial charge in [0.1, 0.15) is 0 Å². The van der Waals surface area contributed by atoms with E-state index in [2.05, 4.69) is 0 Å². The average molecular weight is 236 g/mol. The van der Waals surface area contributed by atoms with Gasteiger partial charge < -0.3 is 14.9 Å². The van der Waals surface area contributed by atoms with Crippen molar-refractivity contribution in [1.29, 1.82) is 0 Å². The Morgan fingerprint density at radius 2 is 2.12 bits per heavy atom. The molecule has 4 heteroatoms. The van der Waals surface area contributed by atoms with Crippen molar-refractivity contribution in [3.63, 3.8) is 0 Å². The van der Waals surface area contributed by atoms with Crippen LogP contribution in [0, 0.1) is 0 Å². The second kappa shape index (κ2) is 6.58. The second-order valence-corrected chi connectivity index (χ2v) is 3.60. The first kappa shape index (κ1) is 13.1. The summed E-state index contributed by atoms with van der Waals surface area (Å²) in [5.74, 6) is -0.815. The van der Waals surface area contributed by atoms with E-state index in [0.717, 1.165) is 12.8 Å². The third-order valence-corrected chi connectivity index (χ3v) is 2.15. The van der Waals surface area contributed by atoms with Crippen LogP contribution in [-0.2, 0) is 9.53 Å². The Hall–Kier alpha value is -1.97. The third kappa shape index (κ3) is 4.59. The van der Waals surface area contributed by atoms with E-state index >= 15 is 0 Å². The van der Waals surface area contributed by atoms with Crippen LogP contribution in [0.5, 0.6) is 11.5 Å². The maximum Gasteiger partial charge on any atom is 0.330 e. The number of hydrogen-bond acceptors (Lipinski definition) is 4. The fourth-order valence-corrected chi connectivity index (χ4v) is 1.17. The molecule has 0 spiro atoms. The molecule has 0 aliphatic rings. The minimum atomic E-state index is -0.411. The van der Waals surface area contributed by atoms with Gasteiger partial charge >= 0.3 is 5.97 Å². The largest absolute Gasteiger partial charge is 0.504 e. The number of esters is 1. The molecule has 0 bridgehead atoms. The molecule has 92 valence electrons. The lowest BCUT2D eigenvalue weighted by Gasteiger charge is -2.00. The van der Waals surface area contributed by atoms with Gasteiger partial charge in [0.15, 0.2) is 11.5 Å². The lowest BCUT2D eigenvalue weighted by Crippen LogP contribution is -2.01. The van der Waals surface area contributed by atoms with Gasteiger partial charge in [0, 0.05) is 6.08 Å². The molecule has 0 aromatic heterocycles. The summed E-state index contributed by atoms with van der Waals surface area (Å²) >= 11 is 0. The zero-order valence-electron chi connectivity index (χ0n) is 9.72. The van der Waals surface area contributed by atoms with Crippen LogP contribution in [0.4, 0.5) is 0 Å². The van der Waals surface area contributed by atoms with E-state index in [4.69, 9.17) is 9.84 Å². The fraction of sp³-hybridized carbons (Fsp3) is 0.308. The van der Waals surface area contributed by atoms with Crippen molar-refractivity contribution in [2.45, 2.75) is 19.8 Å². The Morgan fingerprint density at radius 3 is 2.76 bits per heavy atom. The summed E-state index contributed by atoms with van der Waals surface area (Å²) < 4.78 is 4.92. The van der Waals surface area contributed by atoms with Crippen molar-refractivity contribution in [2.75, 3.05) is 6.61 Å². The van der Waals surface area contributed by atoms with E-state index in [1.807, 2.05) is 6.92 Å². The summed E-state index contributed by atoms with van der Waals surface area (Å²) in [6.07, 6.45) is 4.64. The van der Waals surface area contributed by atoms with Gasteiger partial charge in [0.25, 0.3) is 0 Å². The molecule has 0 amide bonds. The molecule has 0 radical (unpaired) electrons. The lowest BCUT2D eigenvalue weighted by atomic mass is 10.2. The Morgan fingerprint density at radius 1 is 1.35 bits per heavy atom. The van der Waals surface area contributed by atoms with Crippen LogP contribution in [0.15, 0.2) is 24.3 Å². The number of hydrogen-bond donors (Lipinski definition) is 2. The highest BCUT2D eigenvalue weighted by atomic mass is 16.5. The second-order valence-electron chi connectivity index (χ2n) is 3.60. The van der Waals surface area contributed by atoms with Gasteiger partial charge in [-0.15, -0.1) is 0 Å². The molecule has 0 aliphatic heterocycles. The van der Waals surface area contributed by atoms with Crippen LogP contribution in [0.1, 0.15) is 25.3 Å². The Balaban J connectivity index is 2.52. The van der Waals surface area contributed by atoms with E-state index in [-0.39, 0.29) is 11.5 Å². The molecular weight excluding hydrogens is 220 g/mol. The molecule has 0 unspecified atom stereocenters. The predicted molar refractivity (Wildman–Crippen MR) is 64.7 cm³/mol. The number of unbranched alkanes of at least 4 members (excludes halogenated alkanes) is 1. The molecule has 1 aromatic carbocycles. The Labute approximate surface area is 100 Å². The van der Waals surface area contributed by atoms with Gasteiger partial charge in [0.2, 0.25) is 0 Å². The third-order valence-electron chi connectivity index (χ3n) is 2.15. The Kier molecular flexibility index (Phi) is 5.07. The normalized spacial score (nSPS) is 10.6. The van der Waals surface area contributed by atoms with E-state index in [1.165, 1.54) is 24.3 Å². The number of aromatic hydroxyl groups is 2. The van der Waals surface area contributed by atoms with Crippen LogP contribution < -0.4 is 0 Å². The van der Waals surface area contributed by atoms with Gasteiger partial charge in [0.05, 0.1) is 6.61 Å². The summed E-state index contributed by atoms with van der Waals surface area (Å²) in [5.41, 5.74) is 0.618. The summed E-state index contributed by atoms with van der Waals surface area (Å²) in [7, 11) is 0. The minimum Gasteiger partial charge on any atom is -0.504 e. The predicted octanol–water partition coefficient (Wildman–Crippen LogP) is 2.45. The fourth-order valence-electron chi connectivity index (χ4n) is 1.17. The quantitative estimate of drug-likeness (QED) is 0.356. The number of carbonyl (C=O) groups is 1. The highest BCUT2D eigenvalue weighted by molar-refractivity contribution is 5.87. The van der Waals surface area contributed by atoms with Crippen molar-refractivity contribution in [3.8, 4) is 11.5 Å². The van der Waals surface area contributed by atoms with Crippen LogP contribution in [0.2, 0.25) is 0 Å². The summed E-state index contributed by atoms with van der Waals surface area (Å²) in [6, 6.07) is 4.31. The summed E-state index contributed by atoms with van der Waals surface area (Å²) in [4.78, 5) is 11.2. The molecular formula is C13H16O4. The minimum absolute atomic E-state index is 0.187. The topological polar surface area (TPSA) is 66.8 Å². The maximum absolute atomic E-state index is 11.2. The maximum atomic E-state index is 11.2. The standard InChI is InChI=1S/C13H16O4/c1-2-3-8-17-13(16)7-5-10-4-6-11(14)12(15)9-10/h4-7,9,14-15H,2-3,8H2,1H3/b7-5-. The first-order chi connectivity index (χ1) is 8.13. The van der Waals surface area contributed by atoms with Crippen LogP contribution in [0.3, 0.4) is 0 Å². The zero-order chi connectivity index (χ0) is 12.7. The van der Waals surface area contributed by atoms with E-state index in [0.29, 0.717) is 12.2 Å². The first-order valence-electron chi connectivity index (χ1n) is 5.50. The number of phenolic OH excluding ortho intramolecular Hbond substituents is 2. The van der Waals surface area contributed by atoms with Gasteiger partial charge in [-0.25, -0.2) is 4.79 Å². The van der Waals surface area contributed by atoms with E-state index in [9.17, 15) is 9.90 Å². The van der Waals surface area contributed by atoms with E-state index in [1.54, 1.807) is 6.07 Å². The molecule has 0 saturated carbocycles. The zero-order valence-corrected chi connectivity index (χ0v) is 9.72. The van der Waals surface area contributed by atoms with Crippen LogP contribution >= 0.6 is 0 Å². The lowest BCUT2D eigenvalue weighted by molar-refractivity contribution is -0.137. The van der Waals surface area contributed by atoms with E-state index < -0.39 is 5.97 Å². The number of carbonyl (C=O) groups excluding carboxylic acids is 1. The Bertz CT molecular complexity index is 410. The van der Waals surface area contributed by atoms with Gasteiger partial charge in [-0.05, 0) is 30.2 Å². The molecule has 0 aliphatic carbocycles. The van der Waals surface area contributed by atoms with Crippen LogP contribution in [-0.4, -0.2) is 22.8 Å². The summed E-state index contributed by atoms with van der Waals surface area (Å²) in [5, 5.41) is 18.3. The highest BCUT2D eigenvalue weighted by Gasteiger charge is 1.99. The molecule has 0 heterocycles. The van der Waals surface area contributed by atoms with Gasteiger partial charge in [-0.3, -0.25) is 0 Å². The number of ether oxygens (including phenoxy) is 1. The van der Waals surface area contributed by atoms with Crippen molar-refractivity contribution in [1.82, 2.24) is 0 Å². The van der Waals surface area contributed by atoms with Crippen LogP contribution in [0.25, 0.3) is 6.08 Å². The number of phenols is 2. The monoisotopic (exact) mass is 236 g/mol. The SMILES string of the molecule is CCCCOC(=O)/C=C\c1ccc(O)c(O)c1. The number of rotatable bonds is 5. The van der Waals surface area contributed by atoms with Crippen molar-refractivity contribution in [2.24, 2.45) is 0 Å². The molecule has 1 aromatic rings. The molecule has 17 heavy (non-hydrogen) atoms. The summed E-state index contributed by atoms with van der Waals surface area (Å²) in [6.45, 7) is 2.43. The first-order valence-corrected chi connectivity index (χ1v) is 5.50. The molecule has 0 saturated heterocycles. The van der Waals surface area contributed by atoms with Gasteiger partial charge in [-0.2, -0.15) is 0 Å². The molecule has 0 atom stereocenters. The number of benzene rings is 1. The van der Waals surface area contributed by atoms with Gasteiger partial charge in [-0.1, -0.05) is 19.4 Å². The highest BCUT2D eigenvalue weighted by Crippen LogP contribution is 2.25. The molecule has 4 nitrogen and oxygen atoms in total. The smallest absolute Gasteiger partial charge is 0.330 e. The van der Waals surface area contributed by atoms with Crippen molar-refractivity contribution >= 4 is 12.0 Å². The molecule has 1 rings (SSSR count).